The number of hydrogen-bond donors (Lipinski definition) is 2. The van der Waals surface area contributed by atoms with Crippen LogP contribution >= 0.6 is 0 Å². The molecule has 0 aromatic heterocycles. The van der Waals surface area contributed by atoms with Crippen molar-refractivity contribution in [1.82, 2.24) is 4.90 Å². The molecule has 0 aliphatic carbocycles. The average molecular weight is 273 g/mol. The van der Waals surface area contributed by atoms with Crippen molar-refractivity contribution < 1.29 is 9.90 Å². The fraction of sp³-hybridized carbons (Fsp3) is 0.467. The van der Waals surface area contributed by atoms with E-state index < -0.39 is 5.60 Å². The predicted molar refractivity (Wildman–Crippen MR) is 76.1 cm³/mol. The summed E-state index contributed by atoms with van der Waals surface area (Å²) in [6.07, 6.45) is 1.68. The summed E-state index contributed by atoms with van der Waals surface area (Å²) in [6, 6.07) is 8.79. The zero-order chi connectivity index (χ0) is 14.6. The molecule has 1 amide bonds. The molecule has 5 nitrogen and oxygen atoms in total. The Hall–Kier alpha value is -1.90. The Balaban J connectivity index is 1.87. The van der Waals surface area contributed by atoms with Crippen LogP contribution in [0.5, 0.6) is 0 Å². The van der Waals surface area contributed by atoms with Gasteiger partial charge in [0, 0.05) is 12.2 Å². The van der Waals surface area contributed by atoms with Crippen LogP contribution < -0.4 is 5.32 Å². The molecule has 1 atom stereocenters. The lowest BCUT2D eigenvalue weighted by Crippen LogP contribution is -2.48. The minimum absolute atomic E-state index is 0.104. The number of β-amino-alcohol motifs (C(OH)–C–C–N with tert-alkyl or cyclic N) is 1. The van der Waals surface area contributed by atoms with E-state index in [9.17, 15) is 9.90 Å². The van der Waals surface area contributed by atoms with Gasteiger partial charge in [0.15, 0.2) is 0 Å². The van der Waals surface area contributed by atoms with E-state index in [4.69, 9.17) is 5.26 Å². The van der Waals surface area contributed by atoms with Crippen molar-refractivity contribution in [1.29, 1.82) is 5.26 Å². The Labute approximate surface area is 118 Å². The van der Waals surface area contributed by atoms with E-state index in [2.05, 4.69) is 5.32 Å². The molecule has 1 heterocycles. The quantitative estimate of drug-likeness (QED) is 0.871. The minimum atomic E-state index is -0.701. The van der Waals surface area contributed by atoms with Crippen molar-refractivity contribution in [2.24, 2.45) is 0 Å². The lowest BCUT2D eigenvalue weighted by molar-refractivity contribution is -0.118. The SMILES string of the molecule is CC1(O)CCCN(CC(=O)Nc2ccc(C#N)cc2)C1. The van der Waals surface area contributed by atoms with Gasteiger partial charge in [-0.1, -0.05) is 0 Å². The zero-order valence-electron chi connectivity index (χ0n) is 11.6. The number of likely N-dealkylation sites (tertiary alicyclic amines) is 1. The third kappa shape index (κ3) is 4.05. The number of nitriles is 1. The van der Waals surface area contributed by atoms with Gasteiger partial charge in [0.1, 0.15) is 0 Å². The van der Waals surface area contributed by atoms with Gasteiger partial charge in [0.2, 0.25) is 5.91 Å². The molecule has 1 unspecified atom stereocenters. The molecule has 2 rings (SSSR count). The summed E-state index contributed by atoms with van der Waals surface area (Å²) in [7, 11) is 0. The van der Waals surface area contributed by atoms with Crippen molar-refractivity contribution >= 4 is 11.6 Å². The Kier molecular flexibility index (Phi) is 4.38. The van der Waals surface area contributed by atoms with Crippen LogP contribution in [0.4, 0.5) is 5.69 Å². The number of rotatable bonds is 3. The highest BCUT2D eigenvalue weighted by Crippen LogP contribution is 2.20. The topological polar surface area (TPSA) is 76.4 Å². The minimum Gasteiger partial charge on any atom is -0.389 e. The summed E-state index contributed by atoms with van der Waals surface area (Å²) in [5.41, 5.74) is 0.542. The molecule has 1 aromatic rings. The van der Waals surface area contributed by atoms with E-state index >= 15 is 0 Å². The summed E-state index contributed by atoms with van der Waals surface area (Å²) < 4.78 is 0. The van der Waals surface area contributed by atoms with Crippen LogP contribution in [-0.4, -0.2) is 41.1 Å². The highest BCUT2D eigenvalue weighted by molar-refractivity contribution is 5.92. The zero-order valence-corrected chi connectivity index (χ0v) is 11.6. The molecule has 20 heavy (non-hydrogen) atoms. The monoisotopic (exact) mass is 273 g/mol. The summed E-state index contributed by atoms with van der Waals surface area (Å²) in [5.74, 6) is -0.104. The van der Waals surface area contributed by atoms with Crippen molar-refractivity contribution in [3.8, 4) is 6.07 Å². The largest absolute Gasteiger partial charge is 0.389 e. The maximum Gasteiger partial charge on any atom is 0.238 e. The molecule has 0 bridgehead atoms. The van der Waals surface area contributed by atoms with Gasteiger partial charge in [0.05, 0.1) is 23.8 Å². The van der Waals surface area contributed by atoms with Gasteiger partial charge < -0.3 is 10.4 Å². The number of aliphatic hydroxyl groups is 1. The normalized spacial score (nSPS) is 23.1. The maximum absolute atomic E-state index is 11.9. The highest BCUT2D eigenvalue weighted by Gasteiger charge is 2.29. The molecular weight excluding hydrogens is 254 g/mol. The number of amides is 1. The van der Waals surface area contributed by atoms with Crippen LogP contribution in [0, 0.1) is 11.3 Å². The lowest BCUT2D eigenvalue weighted by atomic mass is 9.95. The third-order valence-corrected chi connectivity index (χ3v) is 3.42. The molecule has 1 aromatic carbocycles. The molecule has 1 fully saturated rings. The summed E-state index contributed by atoms with van der Waals surface area (Å²) in [4.78, 5) is 13.9. The summed E-state index contributed by atoms with van der Waals surface area (Å²) >= 11 is 0. The average Bonchev–Trinajstić information content (AvgIpc) is 2.38. The standard InChI is InChI=1S/C15H19N3O2/c1-15(20)7-2-8-18(11-15)10-14(19)17-13-5-3-12(9-16)4-6-13/h3-6,20H,2,7-8,10-11H2,1H3,(H,17,19). The number of piperidine rings is 1. The van der Waals surface area contributed by atoms with Gasteiger partial charge in [0.25, 0.3) is 0 Å². The molecule has 0 saturated carbocycles. The number of benzene rings is 1. The Morgan fingerprint density at radius 2 is 2.20 bits per heavy atom. The van der Waals surface area contributed by atoms with Crippen LogP contribution in [0.2, 0.25) is 0 Å². The molecule has 5 heteroatoms. The predicted octanol–water partition coefficient (Wildman–Crippen LogP) is 1.34. The first-order valence-corrected chi connectivity index (χ1v) is 6.73. The van der Waals surface area contributed by atoms with E-state index in [1.54, 1.807) is 31.2 Å². The Morgan fingerprint density at radius 3 is 2.80 bits per heavy atom. The first-order chi connectivity index (χ1) is 9.48. The van der Waals surface area contributed by atoms with Gasteiger partial charge in [-0.2, -0.15) is 5.26 Å². The van der Waals surface area contributed by atoms with E-state index in [1.165, 1.54) is 0 Å². The molecule has 2 N–H and O–H groups in total. The first kappa shape index (κ1) is 14.5. The van der Waals surface area contributed by atoms with Crippen molar-refractivity contribution in [2.75, 3.05) is 25.0 Å². The van der Waals surface area contributed by atoms with Gasteiger partial charge in [-0.3, -0.25) is 9.69 Å². The first-order valence-electron chi connectivity index (χ1n) is 6.73. The molecule has 0 spiro atoms. The van der Waals surface area contributed by atoms with Crippen molar-refractivity contribution in [2.45, 2.75) is 25.4 Å². The molecule has 1 aliphatic rings. The van der Waals surface area contributed by atoms with Crippen LogP contribution in [0.15, 0.2) is 24.3 Å². The Bertz CT molecular complexity index is 517. The Morgan fingerprint density at radius 1 is 1.50 bits per heavy atom. The number of nitrogens with zero attached hydrogens (tertiary/aromatic N) is 2. The maximum atomic E-state index is 11.9. The second-order valence-electron chi connectivity index (χ2n) is 5.55. The van der Waals surface area contributed by atoms with Crippen LogP contribution in [-0.2, 0) is 4.79 Å². The number of hydrogen-bond acceptors (Lipinski definition) is 4. The van der Waals surface area contributed by atoms with E-state index in [-0.39, 0.29) is 12.5 Å². The molecule has 1 saturated heterocycles. The van der Waals surface area contributed by atoms with Crippen LogP contribution in [0.1, 0.15) is 25.3 Å². The second-order valence-corrected chi connectivity index (χ2v) is 5.55. The van der Waals surface area contributed by atoms with E-state index in [1.807, 2.05) is 11.0 Å². The van der Waals surface area contributed by atoms with Crippen LogP contribution in [0.3, 0.4) is 0 Å². The molecule has 0 radical (unpaired) electrons. The fourth-order valence-corrected chi connectivity index (χ4v) is 2.49. The molecule has 106 valence electrons. The molecular formula is C15H19N3O2. The van der Waals surface area contributed by atoms with Gasteiger partial charge in [-0.05, 0) is 50.6 Å². The van der Waals surface area contributed by atoms with E-state index in [0.29, 0.717) is 17.8 Å². The number of carbonyl (C=O) groups excluding carboxylic acids is 1. The van der Waals surface area contributed by atoms with Crippen LogP contribution in [0.25, 0.3) is 0 Å². The second kappa shape index (κ2) is 6.04. The van der Waals surface area contributed by atoms with E-state index in [0.717, 1.165) is 19.4 Å². The molecule has 1 aliphatic heterocycles. The fourth-order valence-electron chi connectivity index (χ4n) is 2.49. The highest BCUT2D eigenvalue weighted by atomic mass is 16.3. The van der Waals surface area contributed by atoms with Gasteiger partial charge >= 0.3 is 0 Å². The summed E-state index contributed by atoms with van der Waals surface area (Å²) in [5, 5.41) is 21.5. The third-order valence-electron chi connectivity index (χ3n) is 3.42. The van der Waals surface area contributed by atoms with Gasteiger partial charge in [-0.25, -0.2) is 0 Å². The van der Waals surface area contributed by atoms with Gasteiger partial charge in [-0.15, -0.1) is 0 Å². The van der Waals surface area contributed by atoms with Crippen molar-refractivity contribution in [3.05, 3.63) is 29.8 Å². The number of nitrogens with one attached hydrogen (secondary N) is 1. The summed E-state index contributed by atoms with van der Waals surface area (Å²) in [6.45, 7) is 3.43. The van der Waals surface area contributed by atoms with Crippen molar-refractivity contribution in [3.63, 3.8) is 0 Å². The lowest BCUT2D eigenvalue weighted by Gasteiger charge is -2.36. The number of anilines is 1. The number of carbonyl (C=O) groups is 1. The smallest absolute Gasteiger partial charge is 0.238 e.